The molecule has 0 bridgehead atoms. The van der Waals surface area contributed by atoms with Crippen LogP contribution in [0.5, 0.6) is 5.75 Å². The lowest BCUT2D eigenvalue weighted by Crippen LogP contribution is -2.32. The fraction of sp³-hybridized carbons (Fsp3) is 0.280. The summed E-state index contributed by atoms with van der Waals surface area (Å²) >= 11 is 12.4. The summed E-state index contributed by atoms with van der Waals surface area (Å²) in [5.41, 5.74) is 2.51. The van der Waals surface area contributed by atoms with Crippen LogP contribution in [0, 0.1) is 18.8 Å². The quantitative estimate of drug-likeness (QED) is 0.417. The highest BCUT2D eigenvalue weighted by Crippen LogP contribution is 2.38. The van der Waals surface area contributed by atoms with Crippen molar-refractivity contribution in [3.63, 3.8) is 0 Å². The summed E-state index contributed by atoms with van der Waals surface area (Å²) in [5, 5.41) is 0.960. The zero-order chi connectivity index (χ0) is 22.8. The van der Waals surface area contributed by atoms with Crippen LogP contribution >= 0.6 is 23.2 Å². The molecule has 0 radical (unpaired) electrons. The number of likely N-dealkylation sites (tertiary alicyclic amines) is 1. The third-order valence-electron chi connectivity index (χ3n) is 5.94. The Labute approximate surface area is 196 Å². The minimum atomic E-state index is -0.616. The second kappa shape index (κ2) is 9.47. The van der Waals surface area contributed by atoms with E-state index in [2.05, 4.69) is 4.98 Å². The van der Waals surface area contributed by atoms with Crippen LogP contribution in [0.25, 0.3) is 0 Å². The second-order valence-electron chi connectivity index (χ2n) is 8.16. The summed E-state index contributed by atoms with van der Waals surface area (Å²) in [7, 11) is 0. The van der Waals surface area contributed by atoms with E-state index in [-0.39, 0.29) is 23.8 Å². The van der Waals surface area contributed by atoms with Crippen molar-refractivity contribution in [3.8, 4) is 5.75 Å². The molecule has 0 N–H and O–H groups in total. The number of halogens is 3. The smallest absolute Gasteiger partial charge is 0.255 e. The molecule has 0 saturated carbocycles. The van der Waals surface area contributed by atoms with E-state index in [1.165, 1.54) is 18.3 Å². The van der Waals surface area contributed by atoms with Gasteiger partial charge >= 0.3 is 0 Å². The van der Waals surface area contributed by atoms with Gasteiger partial charge in [0.2, 0.25) is 5.95 Å². The molecule has 7 heteroatoms. The predicted octanol–water partition coefficient (Wildman–Crippen LogP) is 6.16. The SMILES string of the molecule is Cc1ccc(O[C@H](C)C2CN(C(=O)c3ccc(F)nc3)C[C@H]2c2ccc(Cl)c(Cl)c2)cc1. The van der Waals surface area contributed by atoms with E-state index in [0.717, 1.165) is 16.9 Å². The number of nitrogens with zero attached hydrogens (tertiary/aromatic N) is 2. The summed E-state index contributed by atoms with van der Waals surface area (Å²) in [6.45, 7) is 5.02. The van der Waals surface area contributed by atoms with Crippen LogP contribution < -0.4 is 4.74 Å². The molecule has 4 nitrogen and oxygen atoms in total. The molecule has 0 spiro atoms. The van der Waals surface area contributed by atoms with Gasteiger partial charge in [-0.15, -0.1) is 0 Å². The molecule has 1 aliphatic rings. The molecule has 3 atom stereocenters. The van der Waals surface area contributed by atoms with Gasteiger partial charge in [-0.05, 0) is 55.8 Å². The number of aryl methyl sites for hydroxylation is 1. The lowest BCUT2D eigenvalue weighted by atomic mass is 9.85. The molecule has 32 heavy (non-hydrogen) atoms. The lowest BCUT2D eigenvalue weighted by Gasteiger charge is -2.26. The average Bonchev–Trinajstić information content (AvgIpc) is 3.23. The molecule has 1 aliphatic heterocycles. The third kappa shape index (κ3) is 4.89. The van der Waals surface area contributed by atoms with Crippen molar-refractivity contribution in [2.45, 2.75) is 25.9 Å². The maximum absolute atomic E-state index is 13.2. The van der Waals surface area contributed by atoms with E-state index in [0.29, 0.717) is 28.7 Å². The van der Waals surface area contributed by atoms with Gasteiger partial charge < -0.3 is 9.64 Å². The minimum Gasteiger partial charge on any atom is -0.490 e. The molecular formula is C25H23Cl2FN2O2. The number of carbonyl (C=O) groups excluding carboxylic acids is 1. The number of carbonyl (C=O) groups is 1. The van der Waals surface area contributed by atoms with E-state index in [1.54, 1.807) is 11.0 Å². The Balaban J connectivity index is 1.61. The first-order valence-corrected chi connectivity index (χ1v) is 11.2. The molecule has 166 valence electrons. The molecule has 2 aromatic carbocycles. The largest absolute Gasteiger partial charge is 0.490 e. The molecule has 1 aromatic heterocycles. The standard InChI is InChI=1S/C25H23Cl2FN2O2/c1-15-3-7-19(8-4-15)32-16(2)20-13-30(25(31)18-6-10-24(28)29-12-18)14-21(20)17-5-9-22(26)23(27)11-17/h3-12,16,20-21H,13-14H2,1-2H3/t16-,20?,21+/m1/s1. The fourth-order valence-electron chi connectivity index (χ4n) is 4.17. The van der Waals surface area contributed by atoms with Crippen molar-refractivity contribution < 1.29 is 13.9 Å². The number of ether oxygens (including phenoxy) is 1. The van der Waals surface area contributed by atoms with Crippen molar-refractivity contribution in [1.29, 1.82) is 0 Å². The number of pyridine rings is 1. The Bertz CT molecular complexity index is 1110. The average molecular weight is 473 g/mol. The maximum Gasteiger partial charge on any atom is 0.255 e. The van der Waals surface area contributed by atoms with Gasteiger partial charge in [-0.2, -0.15) is 4.39 Å². The van der Waals surface area contributed by atoms with Crippen molar-refractivity contribution in [3.05, 3.63) is 93.5 Å². The highest BCUT2D eigenvalue weighted by molar-refractivity contribution is 6.42. The minimum absolute atomic E-state index is 0.00238. The molecule has 2 heterocycles. The fourth-order valence-corrected chi connectivity index (χ4v) is 4.48. The van der Waals surface area contributed by atoms with E-state index in [1.807, 2.05) is 50.2 Å². The van der Waals surface area contributed by atoms with Crippen LogP contribution in [0.3, 0.4) is 0 Å². The zero-order valence-electron chi connectivity index (χ0n) is 17.8. The monoisotopic (exact) mass is 472 g/mol. The Morgan fingerprint density at radius 2 is 1.84 bits per heavy atom. The lowest BCUT2D eigenvalue weighted by molar-refractivity contribution is 0.0770. The number of benzene rings is 2. The van der Waals surface area contributed by atoms with E-state index in [9.17, 15) is 9.18 Å². The summed E-state index contributed by atoms with van der Waals surface area (Å²) in [5.74, 6) is -0.000720. The highest BCUT2D eigenvalue weighted by Gasteiger charge is 2.40. The van der Waals surface area contributed by atoms with Crippen molar-refractivity contribution >= 4 is 29.1 Å². The van der Waals surface area contributed by atoms with Gasteiger partial charge in [-0.3, -0.25) is 4.79 Å². The number of amides is 1. The predicted molar refractivity (Wildman–Crippen MR) is 124 cm³/mol. The van der Waals surface area contributed by atoms with Crippen LogP contribution in [0.1, 0.15) is 34.3 Å². The van der Waals surface area contributed by atoms with Gasteiger partial charge in [0.15, 0.2) is 0 Å². The first-order chi connectivity index (χ1) is 15.3. The molecule has 1 amide bonds. The summed E-state index contributed by atoms with van der Waals surface area (Å²) < 4.78 is 19.5. The van der Waals surface area contributed by atoms with Gasteiger partial charge in [-0.1, -0.05) is 47.0 Å². The van der Waals surface area contributed by atoms with Crippen LogP contribution in [-0.2, 0) is 0 Å². The molecule has 4 rings (SSSR count). The van der Waals surface area contributed by atoms with Gasteiger partial charge in [0.1, 0.15) is 11.9 Å². The second-order valence-corrected chi connectivity index (χ2v) is 8.97. The van der Waals surface area contributed by atoms with Gasteiger partial charge in [0.05, 0.1) is 15.6 Å². The van der Waals surface area contributed by atoms with E-state index in [4.69, 9.17) is 27.9 Å². The third-order valence-corrected chi connectivity index (χ3v) is 6.68. The van der Waals surface area contributed by atoms with Gasteiger partial charge in [0.25, 0.3) is 5.91 Å². The summed E-state index contributed by atoms with van der Waals surface area (Å²) in [6.07, 6.45) is 1.10. The number of rotatable bonds is 5. The van der Waals surface area contributed by atoms with Crippen molar-refractivity contribution in [2.75, 3.05) is 13.1 Å². The Morgan fingerprint density at radius 1 is 1.09 bits per heavy atom. The molecule has 3 aromatic rings. The Morgan fingerprint density at radius 3 is 2.50 bits per heavy atom. The Kier molecular flexibility index (Phi) is 6.68. The van der Waals surface area contributed by atoms with Crippen LogP contribution in [0.15, 0.2) is 60.8 Å². The molecule has 0 aliphatic carbocycles. The summed E-state index contributed by atoms with van der Waals surface area (Å²) in [6, 6.07) is 16.1. The Hall–Kier alpha value is -2.63. The van der Waals surface area contributed by atoms with Gasteiger partial charge in [0, 0.05) is 31.1 Å². The summed E-state index contributed by atoms with van der Waals surface area (Å²) in [4.78, 5) is 18.5. The number of aromatic nitrogens is 1. The first-order valence-electron chi connectivity index (χ1n) is 10.4. The first kappa shape index (κ1) is 22.6. The molecule has 1 saturated heterocycles. The molecule has 1 fully saturated rings. The van der Waals surface area contributed by atoms with Crippen LogP contribution in [0.4, 0.5) is 4.39 Å². The number of hydrogen-bond acceptors (Lipinski definition) is 3. The topological polar surface area (TPSA) is 42.4 Å². The maximum atomic E-state index is 13.2. The van der Waals surface area contributed by atoms with Crippen LogP contribution in [-0.4, -0.2) is 35.0 Å². The normalized spacial score (nSPS) is 19.1. The van der Waals surface area contributed by atoms with Gasteiger partial charge in [-0.25, -0.2) is 4.98 Å². The highest BCUT2D eigenvalue weighted by atomic mass is 35.5. The molecule has 1 unspecified atom stereocenters. The van der Waals surface area contributed by atoms with Crippen LogP contribution in [0.2, 0.25) is 10.0 Å². The zero-order valence-corrected chi connectivity index (χ0v) is 19.3. The van der Waals surface area contributed by atoms with E-state index >= 15 is 0 Å². The van der Waals surface area contributed by atoms with Crippen molar-refractivity contribution in [1.82, 2.24) is 9.88 Å². The van der Waals surface area contributed by atoms with Crippen molar-refractivity contribution in [2.24, 2.45) is 5.92 Å². The van der Waals surface area contributed by atoms with E-state index < -0.39 is 5.95 Å². The number of hydrogen-bond donors (Lipinski definition) is 0. The molecular weight excluding hydrogens is 450 g/mol.